The van der Waals surface area contributed by atoms with Crippen LogP contribution in [0.25, 0.3) is 0 Å². The summed E-state index contributed by atoms with van der Waals surface area (Å²) in [6.45, 7) is 3.45. The molecule has 0 amide bonds. The molecule has 0 atom stereocenters. The lowest BCUT2D eigenvalue weighted by atomic mass is 9.95. The highest BCUT2D eigenvalue weighted by Crippen LogP contribution is 2.23. The molecule has 0 spiro atoms. The molecule has 0 radical (unpaired) electrons. The van der Waals surface area contributed by atoms with E-state index in [2.05, 4.69) is 4.72 Å². The van der Waals surface area contributed by atoms with Crippen LogP contribution >= 0.6 is 12.4 Å². The molecule has 0 unspecified atom stereocenters. The van der Waals surface area contributed by atoms with E-state index in [0.717, 1.165) is 0 Å². The molecule has 4 nitrogen and oxygen atoms in total. The summed E-state index contributed by atoms with van der Waals surface area (Å²) in [7, 11) is -4.34. The van der Waals surface area contributed by atoms with Gasteiger partial charge in [0.2, 0.25) is 10.0 Å². The Morgan fingerprint density at radius 2 is 1.67 bits per heavy atom. The highest BCUT2D eigenvalue weighted by atomic mass is 35.5. The highest BCUT2D eigenvalue weighted by Gasteiger charge is 2.33. The first-order chi connectivity index (χ1) is 9.23. The number of benzene rings is 1. The molecule has 0 saturated carbocycles. The molecule has 21 heavy (non-hydrogen) atoms. The van der Waals surface area contributed by atoms with Crippen molar-refractivity contribution in [2.75, 3.05) is 6.54 Å². The zero-order chi connectivity index (χ0) is 15.6. The molecule has 9 heteroatoms. The summed E-state index contributed by atoms with van der Waals surface area (Å²) in [5.41, 5.74) is 4.60. The van der Waals surface area contributed by atoms with E-state index >= 15 is 0 Å². The molecule has 0 bridgehead atoms. The Bertz CT molecular complexity index is 584. The molecule has 1 aromatic rings. The second-order valence-corrected chi connectivity index (χ2v) is 6.12. The van der Waals surface area contributed by atoms with Crippen molar-refractivity contribution in [3.63, 3.8) is 0 Å². The van der Waals surface area contributed by atoms with Crippen molar-refractivity contribution in [2.45, 2.75) is 37.1 Å². The molecule has 0 aliphatic carbocycles. The van der Waals surface area contributed by atoms with Crippen LogP contribution in [0.5, 0.6) is 0 Å². The van der Waals surface area contributed by atoms with E-state index in [1.54, 1.807) is 13.8 Å². The normalized spacial score (nSPS) is 12.1. The number of rotatable bonds is 6. The van der Waals surface area contributed by atoms with E-state index in [0.29, 0.717) is 25.0 Å². The molecule has 3 N–H and O–H groups in total. The van der Waals surface area contributed by atoms with Gasteiger partial charge in [-0.15, -0.1) is 12.4 Å². The first kappa shape index (κ1) is 20.2. The SMILES string of the molecule is CCC(CC)(CN)NS(=O)(=O)c1ccc(F)c(F)c1F.Cl. The minimum Gasteiger partial charge on any atom is -0.329 e. The van der Waals surface area contributed by atoms with Crippen LogP contribution in [-0.4, -0.2) is 20.5 Å². The quantitative estimate of drug-likeness (QED) is 0.776. The van der Waals surface area contributed by atoms with Crippen molar-refractivity contribution in [2.24, 2.45) is 5.73 Å². The standard InChI is InChI=1S/C12H17F3N2O2S.ClH/c1-3-12(4-2,7-16)17-20(18,19)9-6-5-8(13)10(14)11(9)15;/h5-6,17H,3-4,7,16H2,1-2H3;1H. The Hall–Kier alpha value is -0.830. The van der Waals surface area contributed by atoms with Crippen LogP contribution in [0.15, 0.2) is 17.0 Å². The molecular weight excluding hydrogens is 329 g/mol. The fourth-order valence-corrected chi connectivity index (χ4v) is 3.41. The first-order valence-corrected chi connectivity index (χ1v) is 7.59. The van der Waals surface area contributed by atoms with Crippen LogP contribution in [0.1, 0.15) is 26.7 Å². The Morgan fingerprint density at radius 1 is 1.14 bits per heavy atom. The van der Waals surface area contributed by atoms with Gasteiger partial charge >= 0.3 is 0 Å². The lowest BCUT2D eigenvalue weighted by molar-refractivity contribution is 0.361. The Labute approximate surface area is 128 Å². The summed E-state index contributed by atoms with van der Waals surface area (Å²) in [6, 6.07) is 1.25. The van der Waals surface area contributed by atoms with E-state index in [9.17, 15) is 21.6 Å². The predicted octanol–water partition coefficient (Wildman–Crippen LogP) is 2.32. The van der Waals surface area contributed by atoms with Gasteiger partial charge in [0.25, 0.3) is 0 Å². The molecule has 0 heterocycles. The molecule has 0 saturated heterocycles. The summed E-state index contributed by atoms with van der Waals surface area (Å²) in [4.78, 5) is -0.934. The maximum atomic E-state index is 13.6. The monoisotopic (exact) mass is 346 g/mol. The van der Waals surface area contributed by atoms with Gasteiger partial charge < -0.3 is 5.73 Å². The lowest BCUT2D eigenvalue weighted by Gasteiger charge is -2.31. The number of hydrogen-bond donors (Lipinski definition) is 2. The van der Waals surface area contributed by atoms with Crippen molar-refractivity contribution in [1.82, 2.24) is 4.72 Å². The Balaban J connectivity index is 0.00000400. The van der Waals surface area contributed by atoms with Crippen LogP contribution < -0.4 is 10.5 Å². The van der Waals surface area contributed by atoms with Crippen molar-refractivity contribution in [3.05, 3.63) is 29.6 Å². The average Bonchev–Trinajstić information content (AvgIpc) is 2.42. The van der Waals surface area contributed by atoms with Crippen LogP contribution in [0.2, 0.25) is 0 Å². The van der Waals surface area contributed by atoms with E-state index in [1.165, 1.54) is 0 Å². The maximum absolute atomic E-state index is 13.6. The fraction of sp³-hybridized carbons (Fsp3) is 0.500. The number of nitrogens with two attached hydrogens (primary N) is 1. The molecule has 1 rings (SSSR count). The fourth-order valence-electron chi connectivity index (χ4n) is 1.78. The number of halogens is 4. The lowest BCUT2D eigenvalue weighted by Crippen LogP contribution is -2.52. The van der Waals surface area contributed by atoms with E-state index in [4.69, 9.17) is 5.73 Å². The second-order valence-electron chi connectivity index (χ2n) is 4.47. The average molecular weight is 347 g/mol. The van der Waals surface area contributed by atoms with Gasteiger partial charge in [-0.05, 0) is 25.0 Å². The van der Waals surface area contributed by atoms with Gasteiger partial charge in [-0.3, -0.25) is 0 Å². The van der Waals surface area contributed by atoms with Gasteiger partial charge in [0.15, 0.2) is 17.5 Å². The van der Waals surface area contributed by atoms with Gasteiger partial charge in [-0.25, -0.2) is 26.3 Å². The van der Waals surface area contributed by atoms with E-state index in [-0.39, 0.29) is 19.0 Å². The predicted molar refractivity (Wildman–Crippen MR) is 76.3 cm³/mol. The topological polar surface area (TPSA) is 72.2 Å². The Morgan fingerprint density at radius 3 is 2.10 bits per heavy atom. The summed E-state index contributed by atoms with van der Waals surface area (Å²) < 4.78 is 66.1. The summed E-state index contributed by atoms with van der Waals surface area (Å²) in [6.07, 6.45) is 0.759. The van der Waals surface area contributed by atoms with Gasteiger partial charge in [0.1, 0.15) is 4.90 Å². The zero-order valence-corrected chi connectivity index (χ0v) is 13.3. The van der Waals surface area contributed by atoms with E-state index in [1.807, 2.05) is 0 Å². The molecule has 0 aromatic heterocycles. The molecule has 122 valence electrons. The number of nitrogens with one attached hydrogen (secondary N) is 1. The minimum atomic E-state index is -4.34. The summed E-state index contributed by atoms with van der Waals surface area (Å²) in [5.74, 6) is -5.01. The van der Waals surface area contributed by atoms with Crippen LogP contribution in [0.4, 0.5) is 13.2 Å². The minimum absolute atomic E-state index is 0. The Kier molecular flexibility index (Phi) is 7.14. The highest BCUT2D eigenvalue weighted by molar-refractivity contribution is 7.89. The van der Waals surface area contributed by atoms with Gasteiger partial charge in [0.05, 0.1) is 0 Å². The molecule has 0 fully saturated rings. The second kappa shape index (κ2) is 7.44. The number of sulfonamides is 1. The summed E-state index contributed by atoms with van der Waals surface area (Å²) >= 11 is 0. The third-order valence-corrected chi connectivity index (χ3v) is 4.98. The van der Waals surface area contributed by atoms with Crippen LogP contribution in [-0.2, 0) is 10.0 Å². The third-order valence-electron chi connectivity index (χ3n) is 3.38. The zero-order valence-electron chi connectivity index (χ0n) is 11.6. The third kappa shape index (κ3) is 4.09. The van der Waals surface area contributed by atoms with Gasteiger partial charge in [-0.2, -0.15) is 0 Å². The first-order valence-electron chi connectivity index (χ1n) is 6.10. The van der Waals surface area contributed by atoms with Crippen molar-refractivity contribution < 1.29 is 21.6 Å². The van der Waals surface area contributed by atoms with Crippen LogP contribution in [0, 0.1) is 17.5 Å². The molecular formula is C12H18ClF3N2O2S. The largest absolute Gasteiger partial charge is 0.329 e. The van der Waals surface area contributed by atoms with Crippen molar-refractivity contribution in [1.29, 1.82) is 0 Å². The van der Waals surface area contributed by atoms with Crippen molar-refractivity contribution >= 4 is 22.4 Å². The van der Waals surface area contributed by atoms with Gasteiger partial charge in [-0.1, -0.05) is 13.8 Å². The van der Waals surface area contributed by atoms with Crippen LogP contribution in [0.3, 0.4) is 0 Å². The van der Waals surface area contributed by atoms with Crippen molar-refractivity contribution in [3.8, 4) is 0 Å². The molecule has 0 aliphatic rings. The van der Waals surface area contributed by atoms with Gasteiger partial charge in [0, 0.05) is 12.1 Å². The van der Waals surface area contributed by atoms with E-state index < -0.39 is 37.9 Å². The summed E-state index contributed by atoms with van der Waals surface area (Å²) in [5, 5.41) is 0. The molecule has 1 aromatic carbocycles. The smallest absolute Gasteiger partial charge is 0.244 e. The number of hydrogen-bond acceptors (Lipinski definition) is 3. The maximum Gasteiger partial charge on any atom is 0.244 e. The molecule has 0 aliphatic heterocycles.